The molecule has 1 aromatic rings. The molecule has 5 heteroatoms. The fourth-order valence-electron chi connectivity index (χ4n) is 0.818. The Kier molecular flexibility index (Phi) is 3.30. The summed E-state index contributed by atoms with van der Waals surface area (Å²) >= 11 is 5.48. The van der Waals surface area contributed by atoms with E-state index < -0.39 is 11.9 Å². The molecular formula is C9H10ClFN2O. The monoisotopic (exact) mass is 216 g/mol. The molecule has 0 aliphatic carbocycles. The van der Waals surface area contributed by atoms with Gasteiger partial charge in [0.1, 0.15) is 17.4 Å². The lowest BCUT2D eigenvalue weighted by Gasteiger charge is -2.12. The number of nitrogens with two attached hydrogens (primary N) is 1. The van der Waals surface area contributed by atoms with Crippen LogP contribution in [-0.4, -0.2) is 11.9 Å². The van der Waals surface area contributed by atoms with E-state index in [1.807, 2.05) is 0 Å². The van der Waals surface area contributed by atoms with E-state index >= 15 is 0 Å². The van der Waals surface area contributed by atoms with E-state index in [0.29, 0.717) is 5.75 Å². The van der Waals surface area contributed by atoms with Gasteiger partial charge in [-0.2, -0.15) is 0 Å². The number of benzene rings is 1. The first-order valence-electron chi connectivity index (χ1n) is 3.96. The summed E-state index contributed by atoms with van der Waals surface area (Å²) in [6.07, 6.45) is -0.574. The Balaban J connectivity index is 2.78. The van der Waals surface area contributed by atoms with Gasteiger partial charge >= 0.3 is 0 Å². The van der Waals surface area contributed by atoms with Crippen LogP contribution in [0.1, 0.15) is 6.92 Å². The van der Waals surface area contributed by atoms with E-state index in [2.05, 4.69) is 0 Å². The van der Waals surface area contributed by atoms with Gasteiger partial charge in [0.15, 0.2) is 6.10 Å². The first-order chi connectivity index (χ1) is 6.50. The normalized spacial score (nSPS) is 12.2. The molecule has 0 aliphatic rings. The van der Waals surface area contributed by atoms with Gasteiger partial charge in [-0.05, 0) is 19.1 Å². The Bertz CT molecular complexity index is 357. The van der Waals surface area contributed by atoms with Gasteiger partial charge < -0.3 is 10.5 Å². The van der Waals surface area contributed by atoms with Gasteiger partial charge in [-0.15, -0.1) is 0 Å². The topological polar surface area (TPSA) is 59.1 Å². The third-order valence-electron chi connectivity index (χ3n) is 1.64. The Morgan fingerprint density at radius 2 is 2.29 bits per heavy atom. The predicted octanol–water partition coefficient (Wildman–Crippen LogP) is 2.18. The number of nitrogens with one attached hydrogen (secondary N) is 1. The highest BCUT2D eigenvalue weighted by Crippen LogP contribution is 2.21. The average Bonchev–Trinajstić information content (AvgIpc) is 2.11. The summed E-state index contributed by atoms with van der Waals surface area (Å²) in [5.74, 6) is -0.366. The molecule has 0 saturated heterocycles. The third kappa shape index (κ3) is 2.60. The molecule has 0 fully saturated rings. The first kappa shape index (κ1) is 10.8. The summed E-state index contributed by atoms with van der Waals surface area (Å²) in [7, 11) is 0. The number of rotatable bonds is 3. The molecule has 0 aromatic heterocycles. The second-order valence-corrected chi connectivity index (χ2v) is 3.20. The number of hydrogen-bond acceptors (Lipinski definition) is 2. The minimum absolute atomic E-state index is 0.0350. The smallest absolute Gasteiger partial charge is 0.152 e. The van der Waals surface area contributed by atoms with Gasteiger partial charge in [-0.1, -0.05) is 11.6 Å². The molecule has 14 heavy (non-hydrogen) atoms. The maximum absolute atomic E-state index is 12.9. The van der Waals surface area contributed by atoms with Crippen LogP contribution in [0.3, 0.4) is 0 Å². The summed E-state index contributed by atoms with van der Waals surface area (Å²) in [4.78, 5) is 0. The second-order valence-electron chi connectivity index (χ2n) is 2.79. The van der Waals surface area contributed by atoms with E-state index in [4.69, 9.17) is 27.5 Å². The van der Waals surface area contributed by atoms with Crippen LogP contribution in [0.4, 0.5) is 4.39 Å². The minimum atomic E-state index is -0.574. The Morgan fingerprint density at radius 1 is 1.64 bits per heavy atom. The predicted molar refractivity (Wildman–Crippen MR) is 53.4 cm³/mol. The first-order valence-corrected chi connectivity index (χ1v) is 4.34. The summed E-state index contributed by atoms with van der Waals surface area (Å²) in [6.45, 7) is 1.61. The van der Waals surface area contributed by atoms with E-state index in [1.165, 1.54) is 12.1 Å². The van der Waals surface area contributed by atoms with Gasteiger partial charge in [-0.25, -0.2) is 4.39 Å². The van der Waals surface area contributed by atoms with Crippen molar-refractivity contribution in [3.05, 3.63) is 29.0 Å². The molecule has 3 N–H and O–H groups in total. The highest BCUT2D eigenvalue weighted by Gasteiger charge is 2.08. The van der Waals surface area contributed by atoms with E-state index in [9.17, 15) is 4.39 Å². The van der Waals surface area contributed by atoms with Crippen LogP contribution >= 0.6 is 11.6 Å². The lowest BCUT2D eigenvalue weighted by atomic mass is 10.3. The Labute approximate surface area is 86.1 Å². The summed E-state index contributed by atoms with van der Waals surface area (Å²) in [5, 5.41) is 7.11. The lowest BCUT2D eigenvalue weighted by molar-refractivity contribution is 0.283. The maximum Gasteiger partial charge on any atom is 0.152 e. The Morgan fingerprint density at radius 3 is 2.79 bits per heavy atom. The molecule has 3 nitrogen and oxygen atoms in total. The van der Waals surface area contributed by atoms with Crippen LogP contribution in [0.5, 0.6) is 5.75 Å². The zero-order valence-corrected chi connectivity index (χ0v) is 8.31. The SMILES string of the molecule is CC(Oc1ccc(Cl)c(F)c1)C(=N)N. The van der Waals surface area contributed by atoms with Gasteiger partial charge in [0.25, 0.3) is 0 Å². The van der Waals surface area contributed by atoms with Crippen LogP contribution in [-0.2, 0) is 0 Å². The molecule has 0 radical (unpaired) electrons. The van der Waals surface area contributed by atoms with Crippen LogP contribution in [0.25, 0.3) is 0 Å². The van der Waals surface area contributed by atoms with Crippen LogP contribution in [0.15, 0.2) is 18.2 Å². The molecule has 76 valence electrons. The summed E-state index contributed by atoms with van der Waals surface area (Å²) < 4.78 is 18.1. The molecule has 0 spiro atoms. The zero-order valence-electron chi connectivity index (χ0n) is 7.55. The summed E-state index contributed by atoms with van der Waals surface area (Å²) in [6, 6.07) is 4.06. The highest BCUT2D eigenvalue weighted by molar-refractivity contribution is 6.30. The van der Waals surface area contributed by atoms with Crippen molar-refractivity contribution >= 4 is 17.4 Å². The number of hydrogen-bond donors (Lipinski definition) is 2. The van der Waals surface area contributed by atoms with Crippen molar-refractivity contribution in [2.75, 3.05) is 0 Å². The fourth-order valence-corrected chi connectivity index (χ4v) is 0.935. The van der Waals surface area contributed by atoms with E-state index in [-0.39, 0.29) is 10.9 Å². The standard InChI is InChI=1S/C9H10ClFN2O/c1-5(9(12)13)14-6-2-3-7(10)8(11)4-6/h2-5H,1H3,(H3,12,13). The van der Waals surface area contributed by atoms with Gasteiger partial charge in [0, 0.05) is 6.07 Å². The van der Waals surface area contributed by atoms with Crippen LogP contribution in [0, 0.1) is 11.2 Å². The van der Waals surface area contributed by atoms with Crippen LogP contribution in [0.2, 0.25) is 5.02 Å². The van der Waals surface area contributed by atoms with Gasteiger partial charge in [-0.3, -0.25) is 5.41 Å². The molecule has 0 saturated carbocycles. The molecule has 1 rings (SSSR count). The molecule has 0 bridgehead atoms. The Hall–Kier alpha value is -1.29. The van der Waals surface area contributed by atoms with Crippen LogP contribution < -0.4 is 10.5 Å². The molecule has 0 amide bonds. The number of ether oxygens (including phenoxy) is 1. The number of amidine groups is 1. The molecule has 1 aromatic carbocycles. The number of halogens is 2. The quantitative estimate of drug-likeness (QED) is 0.601. The molecule has 0 aliphatic heterocycles. The maximum atomic E-state index is 12.9. The van der Waals surface area contributed by atoms with Crippen molar-refractivity contribution in [3.63, 3.8) is 0 Å². The molecule has 0 heterocycles. The molecule has 1 unspecified atom stereocenters. The van der Waals surface area contributed by atoms with E-state index in [0.717, 1.165) is 6.07 Å². The van der Waals surface area contributed by atoms with Crippen molar-refractivity contribution in [1.82, 2.24) is 0 Å². The van der Waals surface area contributed by atoms with Crippen molar-refractivity contribution in [2.45, 2.75) is 13.0 Å². The zero-order chi connectivity index (χ0) is 10.7. The lowest BCUT2D eigenvalue weighted by Crippen LogP contribution is -2.30. The van der Waals surface area contributed by atoms with Crippen molar-refractivity contribution < 1.29 is 9.13 Å². The molecule has 1 atom stereocenters. The summed E-state index contributed by atoms with van der Waals surface area (Å²) in [5.41, 5.74) is 5.19. The van der Waals surface area contributed by atoms with Crippen molar-refractivity contribution in [3.8, 4) is 5.75 Å². The average molecular weight is 217 g/mol. The van der Waals surface area contributed by atoms with Crippen molar-refractivity contribution in [2.24, 2.45) is 5.73 Å². The van der Waals surface area contributed by atoms with E-state index in [1.54, 1.807) is 6.92 Å². The third-order valence-corrected chi connectivity index (χ3v) is 1.95. The van der Waals surface area contributed by atoms with Crippen molar-refractivity contribution in [1.29, 1.82) is 5.41 Å². The largest absolute Gasteiger partial charge is 0.483 e. The van der Waals surface area contributed by atoms with Gasteiger partial charge in [0.2, 0.25) is 0 Å². The molecular weight excluding hydrogens is 207 g/mol. The minimum Gasteiger partial charge on any atom is -0.483 e. The highest BCUT2D eigenvalue weighted by atomic mass is 35.5. The van der Waals surface area contributed by atoms with Gasteiger partial charge in [0.05, 0.1) is 5.02 Å². The second kappa shape index (κ2) is 4.28. The fraction of sp³-hybridized carbons (Fsp3) is 0.222.